The third-order valence-electron chi connectivity index (χ3n) is 2.45. The van der Waals surface area contributed by atoms with Gasteiger partial charge in [0.15, 0.2) is 0 Å². The highest BCUT2D eigenvalue weighted by atomic mass is 16.5. The molecule has 1 N–H and O–H groups in total. The van der Waals surface area contributed by atoms with Crippen LogP contribution in [0.5, 0.6) is 5.88 Å². The highest BCUT2D eigenvalue weighted by molar-refractivity contribution is 5.44. The highest BCUT2D eigenvalue weighted by Gasteiger charge is 2.06. The topological polar surface area (TPSA) is 47.3 Å². The Hall–Kier alpha value is -1.97. The largest absolute Gasteiger partial charge is 0.478 e. The molecule has 0 saturated carbocycles. The molecule has 0 aliphatic carbocycles. The van der Waals surface area contributed by atoms with Crippen LogP contribution in [-0.4, -0.2) is 11.6 Å². The predicted molar refractivity (Wildman–Crippen MR) is 66.2 cm³/mol. The number of hydrogen-bond donors (Lipinski definition) is 1. The first-order valence-corrected chi connectivity index (χ1v) is 5.67. The molecule has 0 bridgehead atoms. The first-order valence-electron chi connectivity index (χ1n) is 5.67. The van der Waals surface area contributed by atoms with Crippen molar-refractivity contribution in [1.29, 1.82) is 0 Å². The first-order chi connectivity index (χ1) is 8.29. The zero-order valence-electron chi connectivity index (χ0n) is 10.0. The van der Waals surface area contributed by atoms with Gasteiger partial charge in [-0.1, -0.05) is 0 Å². The molecular weight excluding hydrogens is 216 g/mol. The maximum atomic E-state index is 5.28. The molecule has 0 spiro atoms. The van der Waals surface area contributed by atoms with Crippen molar-refractivity contribution in [3.05, 3.63) is 42.5 Å². The standard InChI is InChI=1S/C13H16N2O2/c1-3-17-13-5-4-12(8-14-13)15-10(2)11-6-7-16-9-11/h4-10,15H,3H2,1-2H3. The minimum Gasteiger partial charge on any atom is -0.478 e. The van der Waals surface area contributed by atoms with E-state index in [9.17, 15) is 0 Å². The van der Waals surface area contributed by atoms with Gasteiger partial charge >= 0.3 is 0 Å². The number of furan rings is 1. The van der Waals surface area contributed by atoms with E-state index in [1.807, 2.05) is 25.1 Å². The number of pyridine rings is 1. The van der Waals surface area contributed by atoms with Crippen molar-refractivity contribution < 1.29 is 9.15 Å². The Bertz CT molecular complexity index is 437. The highest BCUT2D eigenvalue weighted by Crippen LogP contribution is 2.20. The summed E-state index contributed by atoms with van der Waals surface area (Å²) in [7, 11) is 0. The lowest BCUT2D eigenvalue weighted by atomic mass is 10.2. The van der Waals surface area contributed by atoms with Gasteiger partial charge < -0.3 is 14.5 Å². The van der Waals surface area contributed by atoms with Crippen LogP contribution in [0.1, 0.15) is 25.5 Å². The Morgan fingerprint density at radius 2 is 2.29 bits per heavy atom. The molecule has 0 aromatic carbocycles. The summed E-state index contributed by atoms with van der Waals surface area (Å²) in [6.07, 6.45) is 5.17. The van der Waals surface area contributed by atoms with E-state index in [0.717, 1.165) is 11.3 Å². The number of hydrogen-bond acceptors (Lipinski definition) is 4. The van der Waals surface area contributed by atoms with Gasteiger partial charge in [-0.25, -0.2) is 4.98 Å². The van der Waals surface area contributed by atoms with Crippen molar-refractivity contribution in [2.75, 3.05) is 11.9 Å². The number of ether oxygens (including phenoxy) is 1. The molecule has 2 aromatic rings. The van der Waals surface area contributed by atoms with Crippen molar-refractivity contribution in [1.82, 2.24) is 4.98 Å². The number of rotatable bonds is 5. The summed E-state index contributed by atoms with van der Waals surface area (Å²) in [4.78, 5) is 4.19. The van der Waals surface area contributed by atoms with E-state index in [2.05, 4.69) is 17.2 Å². The van der Waals surface area contributed by atoms with Crippen LogP contribution in [0.15, 0.2) is 41.3 Å². The fourth-order valence-electron chi connectivity index (χ4n) is 1.55. The fraction of sp³-hybridized carbons (Fsp3) is 0.308. The Kier molecular flexibility index (Phi) is 3.65. The minimum atomic E-state index is 0.188. The van der Waals surface area contributed by atoms with E-state index in [1.165, 1.54) is 0 Å². The van der Waals surface area contributed by atoms with Crippen molar-refractivity contribution in [3.8, 4) is 5.88 Å². The number of anilines is 1. The molecule has 2 rings (SSSR count). The summed E-state index contributed by atoms with van der Waals surface area (Å²) in [6, 6.07) is 5.94. The van der Waals surface area contributed by atoms with Crippen molar-refractivity contribution >= 4 is 5.69 Å². The van der Waals surface area contributed by atoms with Crippen LogP contribution in [0, 0.1) is 0 Å². The Morgan fingerprint density at radius 3 is 2.88 bits per heavy atom. The second kappa shape index (κ2) is 5.39. The van der Waals surface area contributed by atoms with Gasteiger partial charge in [-0.2, -0.15) is 0 Å². The minimum absolute atomic E-state index is 0.188. The van der Waals surface area contributed by atoms with Crippen LogP contribution in [0.4, 0.5) is 5.69 Å². The van der Waals surface area contributed by atoms with Crippen molar-refractivity contribution in [2.24, 2.45) is 0 Å². The van der Waals surface area contributed by atoms with Crippen molar-refractivity contribution in [2.45, 2.75) is 19.9 Å². The lowest BCUT2D eigenvalue weighted by molar-refractivity contribution is 0.327. The second-order valence-electron chi connectivity index (χ2n) is 3.74. The summed E-state index contributed by atoms with van der Waals surface area (Å²) < 4.78 is 10.3. The van der Waals surface area contributed by atoms with Crippen LogP contribution in [-0.2, 0) is 0 Å². The van der Waals surface area contributed by atoms with Crippen LogP contribution >= 0.6 is 0 Å². The van der Waals surface area contributed by atoms with E-state index in [0.29, 0.717) is 12.5 Å². The molecule has 0 amide bonds. The zero-order valence-corrected chi connectivity index (χ0v) is 10.0. The molecule has 17 heavy (non-hydrogen) atoms. The lowest BCUT2D eigenvalue weighted by Crippen LogP contribution is -2.05. The quantitative estimate of drug-likeness (QED) is 0.859. The average molecular weight is 232 g/mol. The third-order valence-corrected chi connectivity index (χ3v) is 2.45. The third kappa shape index (κ3) is 3.00. The predicted octanol–water partition coefficient (Wildman–Crippen LogP) is 3.25. The van der Waals surface area contributed by atoms with Gasteiger partial charge in [0.2, 0.25) is 5.88 Å². The molecule has 0 saturated heterocycles. The number of nitrogens with zero attached hydrogens (tertiary/aromatic N) is 1. The molecule has 90 valence electrons. The molecule has 1 atom stereocenters. The van der Waals surface area contributed by atoms with Gasteiger partial charge in [0.05, 0.1) is 37.1 Å². The molecule has 2 heterocycles. The number of nitrogens with one attached hydrogen (secondary N) is 1. The van der Waals surface area contributed by atoms with E-state index in [1.54, 1.807) is 18.7 Å². The molecule has 0 fully saturated rings. The summed E-state index contributed by atoms with van der Waals surface area (Å²) >= 11 is 0. The SMILES string of the molecule is CCOc1ccc(NC(C)c2ccoc2)cn1. The molecular formula is C13H16N2O2. The molecule has 0 radical (unpaired) electrons. The van der Waals surface area contributed by atoms with E-state index < -0.39 is 0 Å². The normalized spacial score (nSPS) is 12.1. The van der Waals surface area contributed by atoms with Gasteiger partial charge in [0, 0.05) is 11.6 Å². The smallest absolute Gasteiger partial charge is 0.213 e. The maximum Gasteiger partial charge on any atom is 0.213 e. The van der Waals surface area contributed by atoms with Crippen LogP contribution in [0.25, 0.3) is 0 Å². The lowest BCUT2D eigenvalue weighted by Gasteiger charge is -2.13. The second-order valence-corrected chi connectivity index (χ2v) is 3.74. The molecule has 1 unspecified atom stereocenters. The summed E-state index contributed by atoms with van der Waals surface area (Å²) in [5, 5.41) is 3.34. The monoisotopic (exact) mass is 232 g/mol. The number of aromatic nitrogens is 1. The summed E-state index contributed by atoms with van der Waals surface area (Å²) in [5.41, 5.74) is 2.07. The van der Waals surface area contributed by atoms with Crippen LogP contribution in [0.2, 0.25) is 0 Å². The van der Waals surface area contributed by atoms with Crippen LogP contribution < -0.4 is 10.1 Å². The van der Waals surface area contributed by atoms with Gasteiger partial charge in [-0.15, -0.1) is 0 Å². The molecule has 0 aliphatic heterocycles. The van der Waals surface area contributed by atoms with E-state index in [4.69, 9.17) is 9.15 Å². The Balaban J connectivity index is 1.99. The summed E-state index contributed by atoms with van der Waals surface area (Å²) in [6.45, 7) is 4.64. The van der Waals surface area contributed by atoms with E-state index >= 15 is 0 Å². The fourth-order valence-corrected chi connectivity index (χ4v) is 1.55. The maximum absolute atomic E-state index is 5.28. The molecule has 2 aromatic heterocycles. The van der Waals surface area contributed by atoms with Gasteiger partial charge in [-0.3, -0.25) is 0 Å². The van der Waals surface area contributed by atoms with E-state index in [-0.39, 0.29) is 6.04 Å². The average Bonchev–Trinajstić information content (AvgIpc) is 2.86. The Labute approximate surface area is 101 Å². The first kappa shape index (κ1) is 11.5. The summed E-state index contributed by atoms with van der Waals surface area (Å²) in [5.74, 6) is 0.647. The molecule has 4 nitrogen and oxygen atoms in total. The molecule has 0 aliphatic rings. The zero-order chi connectivity index (χ0) is 12.1. The van der Waals surface area contributed by atoms with Crippen LogP contribution in [0.3, 0.4) is 0 Å². The van der Waals surface area contributed by atoms with Gasteiger partial charge in [0.25, 0.3) is 0 Å². The Morgan fingerprint density at radius 1 is 1.41 bits per heavy atom. The van der Waals surface area contributed by atoms with Gasteiger partial charge in [-0.05, 0) is 26.0 Å². The van der Waals surface area contributed by atoms with Crippen molar-refractivity contribution in [3.63, 3.8) is 0 Å². The molecule has 4 heteroatoms. The van der Waals surface area contributed by atoms with Gasteiger partial charge in [0.1, 0.15) is 0 Å².